The lowest BCUT2D eigenvalue weighted by molar-refractivity contribution is -0.177. The molecule has 0 radical (unpaired) electrons. The van der Waals surface area contributed by atoms with E-state index in [4.69, 9.17) is 24.1 Å². The summed E-state index contributed by atoms with van der Waals surface area (Å²) in [5, 5.41) is 12.0. The fraction of sp³-hybridized carbons (Fsp3) is 0.875. The molecule has 0 spiro atoms. The maximum absolute atomic E-state index is 13.0. The molecule has 3 rings (SSSR count). The minimum absolute atomic E-state index is 0.0236. The first-order valence-electron chi connectivity index (χ1n) is 12.1. The molecule has 1 heterocycles. The Hall–Kier alpha value is -1.15. The molecule has 178 valence electrons. The van der Waals surface area contributed by atoms with Crippen molar-refractivity contribution in [3.63, 3.8) is 0 Å². The van der Waals surface area contributed by atoms with Gasteiger partial charge in [-0.05, 0) is 62.4 Å². The number of aliphatic hydroxyl groups is 1. The zero-order chi connectivity index (χ0) is 22.2. The third kappa shape index (κ3) is 6.67. The van der Waals surface area contributed by atoms with Gasteiger partial charge in [0.05, 0.1) is 26.4 Å². The zero-order valence-electron chi connectivity index (χ0n) is 19.4. The average molecular weight is 440 g/mol. The van der Waals surface area contributed by atoms with Gasteiger partial charge in [0.1, 0.15) is 0 Å². The van der Waals surface area contributed by atoms with Crippen molar-refractivity contribution in [3.8, 4) is 0 Å². The van der Waals surface area contributed by atoms with Gasteiger partial charge >= 0.3 is 0 Å². The summed E-state index contributed by atoms with van der Waals surface area (Å²) in [5.74, 6) is 2.40. The minimum atomic E-state index is -0.447. The highest BCUT2D eigenvalue weighted by Gasteiger charge is 2.42. The summed E-state index contributed by atoms with van der Waals surface area (Å²) in [6, 6.07) is 0.290. The monoisotopic (exact) mass is 439 g/mol. The third-order valence-corrected chi connectivity index (χ3v) is 7.01. The fourth-order valence-corrected chi connectivity index (χ4v) is 5.47. The Morgan fingerprint density at radius 2 is 1.97 bits per heavy atom. The first kappa shape index (κ1) is 24.5. The van der Waals surface area contributed by atoms with Gasteiger partial charge in [0, 0.05) is 25.2 Å². The second-order valence-electron chi connectivity index (χ2n) is 9.45. The number of fused-ring (bicyclic) bond motifs is 2. The van der Waals surface area contributed by atoms with Gasteiger partial charge in [-0.15, -0.1) is 0 Å². The van der Waals surface area contributed by atoms with Crippen LogP contribution in [0.5, 0.6) is 0 Å². The predicted octanol–water partition coefficient (Wildman–Crippen LogP) is 2.87. The second kappa shape index (κ2) is 12.2. The number of hydrogen-bond acceptors (Lipinski definition) is 6. The number of carbonyl (C=O) groups excluding carboxylic acids is 1. The average Bonchev–Trinajstić information content (AvgIpc) is 3.37. The maximum Gasteiger partial charge on any atom is 0.286 e. The van der Waals surface area contributed by atoms with Crippen LogP contribution in [0, 0.1) is 29.6 Å². The Morgan fingerprint density at radius 1 is 1.19 bits per heavy atom. The van der Waals surface area contributed by atoms with Crippen LogP contribution in [0.2, 0.25) is 0 Å². The molecular formula is C24H41NO6. The van der Waals surface area contributed by atoms with Crippen LogP contribution in [-0.2, 0) is 23.7 Å². The Morgan fingerprint density at radius 3 is 2.58 bits per heavy atom. The van der Waals surface area contributed by atoms with Crippen LogP contribution in [0.4, 0.5) is 0 Å². The van der Waals surface area contributed by atoms with E-state index in [9.17, 15) is 4.79 Å². The van der Waals surface area contributed by atoms with E-state index in [1.807, 2.05) is 13.0 Å². The van der Waals surface area contributed by atoms with Crippen molar-refractivity contribution >= 4 is 5.91 Å². The van der Waals surface area contributed by atoms with E-state index < -0.39 is 6.29 Å². The van der Waals surface area contributed by atoms with Crippen LogP contribution in [0.1, 0.15) is 52.9 Å². The molecule has 1 amide bonds. The highest BCUT2D eigenvalue weighted by molar-refractivity contribution is 5.91. The smallest absolute Gasteiger partial charge is 0.286 e. The van der Waals surface area contributed by atoms with Gasteiger partial charge < -0.3 is 29.4 Å². The van der Waals surface area contributed by atoms with E-state index in [0.29, 0.717) is 50.6 Å². The van der Waals surface area contributed by atoms with Gasteiger partial charge in [0.25, 0.3) is 5.91 Å². The third-order valence-electron chi connectivity index (χ3n) is 7.01. The largest absolute Gasteiger partial charge is 0.459 e. The standard InChI is InChI=1S/C24H41NO6/c1-4-30-24-19(7-9-28-11-12-29-10-8-26)20(16(2)3)15-22(31-24)23(27)25-21-14-17-5-6-18(21)13-17/h15-21,24,26H,4-14H2,1-3H3,(H,25,27). The Balaban J connectivity index is 1.57. The van der Waals surface area contributed by atoms with Crippen LogP contribution in [0.15, 0.2) is 11.8 Å². The van der Waals surface area contributed by atoms with Crippen molar-refractivity contribution in [2.75, 3.05) is 39.6 Å². The molecule has 6 atom stereocenters. The van der Waals surface area contributed by atoms with Crippen molar-refractivity contribution < 1.29 is 28.8 Å². The molecule has 0 aromatic carbocycles. The molecule has 2 bridgehead atoms. The molecule has 3 aliphatic rings. The van der Waals surface area contributed by atoms with E-state index in [1.54, 1.807) is 0 Å². The van der Waals surface area contributed by atoms with Crippen molar-refractivity contribution in [2.24, 2.45) is 29.6 Å². The van der Waals surface area contributed by atoms with Gasteiger partial charge in [-0.25, -0.2) is 0 Å². The number of carbonyl (C=O) groups is 1. The first-order chi connectivity index (χ1) is 15.0. The van der Waals surface area contributed by atoms with E-state index in [2.05, 4.69) is 19.2 Å². The lowest BCUT2D eigenvalue weighted by atomic mass is 9.79. The van der Waals surface area contributed by atoms with Gasteiger partial charge in [-0.1, -0.05) is 20.3 Å². The summed E-state index contributed by atoms with van der Waals surface area (Å²) in [4.78, 5) is 13.0. The fourth-order valence-electron chi connectivity index (χ4n) is 5.47. The van der Waals surface area contributed by atoms with Crippen molar-refractivity contribution in [2.45, 2.75) is 65.2 Å². The quantitative estimate of drug-likeness (QED) is 0.429. The Bertz CT molecular complexity index is 595. The zero-order valence-corrected chi connectivity index (χ0v) is 19.4. The number of ether oxygens (including phenoxy) is 4. The molecule has 31 heavy (non-hydrogen) atoms. The summed E-state index contributed by atoms with van der Waals surface area (Å²) in [7, 11) is 0. The molecule has 6 unspecified atom stereocenters. The molecular weight excluding hydrogens is 398 g/mol. The number of hydrogen-bond donors (Lipinski definition) is 2. The summed E-state index contributed by atoms with van der Waals surface area (Å²) >= 11 is 0. The summed E-state index contributed by atoms with van der Waals surface area (Å²) in [6.07, 6.45) is 7.26. The molecule has 2 fully saturated rings. The van der Waals surface area contributed by atoms with E-state index in [1.165, 1.54) is 19.3 Å². The van der Waals surface area contributed by atoms with Gasteiger partial charge in [-0.3, -0.25) is 4.79 Å². The van der Waals surface area contributed by atoms with E-state index in [-0.39, 0.29) is 30.4 Å². The molecule has 0 saturated heterocycles. The topological polar surface area (TPSA) is 86.3 Å². The van der Waals surface area contributed by atoms with Crippen molar-refractivity contribution in [3.05, 3.63) is 11.8 Å². The molecule has 0 aromatic rings. The number of rotatable bonds is 13. The molecule has 7 nitrogen and oxygen atoms in total. The number of aliphatic hydroxyl groups excluding tert-OH is 1. The summed E-state index contributed by atoms with van der Waals surface area (Å²) in [5.41, 5.74) is 0. The van der Waals surface area contributed by atoms with E-state index >= 15 is 0 Å². The Labute approximate surface area is 186 Å². The predicted molar refractivity (Wildman–Crippen MR) is 117 cm³/mol. The maximum atomic E-state index is 13.0. The molecule has 7 heteroatoms. The first-order valence-corrected chi connectivity index (χ1v) is 12.1. The highest BCUT2D eigenvalue weighted by Crippen LogP contribution is 2.44. The second-order valence-corrected chi connectivity index (χ2v) is 9.45. The number of amides is 1. The van der Waals surface area contributed by atoms with Crippen LogP contribution in [-0.4, -0.2) is 63.0 Å². The molecule has 1 aliphatic heterocycles. The molecule has 2 aliphatic carbocycles. The summed E-state index contributed by atoms with van der Waals surface area (Å²) in [6.45, 7) is 8.73. The minimum Gasteiger partial charge on any atom is -0.459 e. The number of allylic oxidation sites excluding steroid dienone is 1. The molecule has 2 N–H and O–H groups in total. The normalized spacial score (nSPS) is 32.2. The SMILES string of the molecule is CCOC1OC(C(=O)NC2CC3CCC2C3)=CC(C(C)C)C1CCOCCOCCO. The molecule has 2 saturated carbocycles. The van der Waals surface area contributed by atoms with Crippen LogP contribution in [0.25, 0.3) is 0 Å². The molecule has 0 aromatic heterocycles. The Kier molecular flexibility index (Phi) is 9.63. The highest BCUT2D eigenvalue weighted by atomic mass is 16.7. The van der Waals surface area contributed by atoms with Crippen LogP contribution >= 0.6 is 0 Å². The van der Waals surface area contributed by atoms with Crippen LogP contribution in [0.3, 0.4) is 0 Å². The van der Waals surface area contributed by atoms with Crippen LogP contribution < -0.4 is 5.32 Å². The van der Waals surface area contributed by atoms with Crippen molar-refractivity contribution in [1.82, 2.24) is 5.32 Å². The number of nitrogens with one attached hydrogen (secondary N) is 1. The summed E-state index contributed by atoms with van der Waals surface area (Å²) < 4.78 is 23.0. The van der Waals surface area contributed by atoms with Gasteiger partial charge in [0.2, 0.25) is 6.29 Å². The van der Waals surface area contributed by atoms with E-state index in [0.717, 1.165) is 18.8 Å². The van der Waals surface area contributed by atoms with Crippen molar-refractivity contribution in [1.29, 1.82) is 0 Å². The van der Waals surface area contributed by atoms with Gasteiger partial charge in [0.15, 0.2) is 5.76 Å². The lowest BCUT2D eigenvalue weighted by Gasteiger charge is -2.38. The van der Waals surface area contributed by atoms with Gasteiger partial charge in [-0.2, -0.15) is 0 Å². The lowest BCUT2D eigenvalue weighted by Crippen LogP contribution is -2.44.